The van der Waals surface area contributed by atoms with Gasteiger partial charge in [0.05, 0.1) is 0 Å². The third-order valence-electron chi connectivity index (χ3n) is 1.09. The van der Waals surface area contributed by atoms with Crippen molar-refractivity contribution in [3.8, 4) is 0 Å². The number of aromatic nitrogens is 2. The summed E-state index contributed by atoms with van der Waals surface area (Å²) in [6.45, 7) is 0. The third kappa shape index (κ3) is 4.08. The first-order valence-corrected chi connectivity index (χ1v) is 6.37. The lowest BCUT2D eigenvalue weighted by atomic mass is 10.4. The van der Waals surface area contributed by atoms with E-state index >= 15 is 0 Å². The second-order valence-electron chi connectivity index (χ2n) is 1.95. The smallest absolute Gasteiger partial charge is 0.146 e. The van der Waals surface area contributed by atoms with Gasteiger partial charge < -0.3 is 0 Å². The molecular weight excluding hydrogens is 244 g/mol. The predicted molar refractivity (Wildman–Crippen MR) is 53.7 cm³/mol. The lowest BCUT2D eigenvalue weighted by Gasteiger charge is -1.93. The van der Waals surface area contributed by atoms with Crippen LogP contribution in [0.15, 0.2) is 9.85 Å². The highest BCUT2D eigenvalue weighted by atomic mass is 79.9. The quantitative estimate of drug-likeness (QED) is 0.458. The Morgan fingerprint density at radius 3 is 3.09 bits per heavy atom. The molecule has 1 aromatic heterocycles. The third-order valence-corrected chi connectivity index (χ3v) is 3.60. The lowest BCUT2D eigenvalue weighted by Crippen LogP contribution is -1.80. The van der Waals surface area contributed by atoms with Crippen molar-refractivity contribution in [3.05, 3.63) is 5.51 Å². The molecule has 0 N–H and O–H groups in total. The molecule has 62 valence electrons. The first kappa shape index (κ1) is 9.48. The summed E-state index contributed by atoms with van der Waals surface area (Å²) >= 11 is 6.79. The Labute approximate surface area is 82.9 Å². The predicted octanol–water partition coefficient (Wildman–Crippen LogP) is 2.81. The molecule has 0 fully saturated rings. The standard InChI is InChI=1S/C6H9BrN2S2/c7-3-1-2-4-10-6-9-8-5-11-6/h5H,1-4H2. The number of rotatable bonds is 5. The highest BCUT2D eigenvalue weighted by Gasteiger charge is 1.95. The number of thioether (sulfide) groups is 1. The number of hydrogen-bond donors (Lipinski definition) is 0. The summed E-state index contributed by atoms with van der Waals surface area (Å²) in [6.07, 6.45) is 2.49. The van der Waals surface area contributed by atoms with Gasteiger partial charge in [-0.25, -0.2) is 0 Å². The molecule has 0 aliphatic rings. The van der Waals surface area contributed by atoms with Gasteiger partial charge in [0.25, 0.3) is 0 Å². The Morgan fingerprint density at radius 2 is 2.45 bits per heavy atom. The summed E-state index contributed by atoms with van der Waals surface area (Å²) in [5.41, 5.74) is 1.77. The monoisotopic (exact) mass is 252 g/mol. The topological polar surface area (TPSA) is 25.8 Å². The average Bonchev–Trinajstić information content (AvgIpc) is 2.50. The Morgan fingerprint density at radius 1 is 1.55 bits per heavy atom. The maximum Gasteiger partial charge on any atom is 0.174 e. The van der Waals surface area contributed by atoms with Gasteiger partial charge in [-0.1, -0.05) is 39.0 Å². The molecule has 0 aromatic carbocycles. The second kappa shape index (κ2) is 5.97. The van der Waals surface area contributed by atoms with Crippen LogP contribution in [0.4, 0.5) is 0 Å². The van der Waals surface area contributed by atoms with Crippen LogP contribution >= 0.6 is 39.0 Å². The van der Waals surface area contributed by atoms with E-state index in [-0.39, 0.29) is 0 Å². The van der Waals surface area contributed by atoms with Gasteiger partial charge in [0.2, 0.25) is 0 Å². The lowest BCUT2D eigenvalue weighted by molar-refractivity contribution is 0.910. The minimum atomic E-state index is 1.08. The fourth-order valence-corrected chi connectivity index (χ4v) is 2.54. The molecular formula is C6H9BrN2S2. The molecule has 2 nitrogen and oxygen atoms in total. The molecule has 0 saturated carbocycles. The molecule has 1 aromatic rings. The summed E-state index contributed by atoms with van der Waals surface area (Å²) in [4.78, 5) is 0. The van der Waals surface area contributed by atoms with E-state index < -0.39 is 0 Å². The zero-order valence-electron chi connectivity index (χ0n) is 5.99. The van der Waals surface area contributed by atoms with Crippen molar-refractivity contribution in [1.82, 2.24) is 10.2 Å². The van der Waals surface area contributed by atoms with E-state index in [0.29, 0.717) is 0 Å². The van der Waals surface area contributed by atoms with Gasteiger partial charge in [-0.2, -0.15) is 0 Å². The Balaban J connectivity index is 2.04. The molecule has 0 saturated heterocycles. The molecule has 0 bridgehead atoms. The largest absolute Gasteiger partial charge is 0.174 e. The van der Waals surface area contributed by atoms with Crippen LogP contribution in [0.2, 0.25) is 0 Å². The normalized spacial score (nSPS) is 10.3. The molecule has 5 heteroatoms. The molecule has 0 unspecified atom stereocenters. The first-order valence-electron chi connectivity index (χ1n) is 3.38. The van der Waals surface area contributed by atoms with Gasteiger partial charge in [0.15, 0.2) is 4.34 Å². The first-order chi connectivity index (χ1) is 5.43. The fourth-order valence-electron chi connectivity index (χ4n) is 0.582. The van der Waals surface area contributed by atoms with E-state index in [9.17, 15) is 0 Å². The minimum Gasteiger partial charge on any atom is -0.146 e. The van der Waals surface area contributed by atoms with Gasteiger partial charge in [-0.15, -0.1) is 10.2 Å². The Bertz CT molecular complexity index is 179. The maximum atomic E-state index is 3.93. The number of hydrogen-bond acceptors (Lipinski definition) is 4. The van der Waals surface area contributed by atoms with Gasteiger partial charge in [-0.3, -0.25) is 0 Å². The summed E-state index contributed by atoms with van der Waals surface area (Å²) < 4.78 is 1.08. The fraction of sp³-hybridized carbons (Fsp3) is 0.667. The van der Waals surface area contributed by atoms with Crippen molar-refractivity contribution in [2.75, 3.05) is 11.1 Å². The Kier molecular flexibility index (Phi) is 5.14. The Hall–Kier alpha value is 0.390. The van der Waals surface area contributed by atoms with Gasteiger partial charge in [-0.05, 0) is 12.8 Å². The zero-order chi connectivity index (χ0) is 7.94. The molecule has 0 atom stereocenters. The summed E-state index contributed by atoms with van der Waals surface area (Å²) in [5, 5.41) is 8.79. The average molecular weight is 253 g/mol. The van der Waals surface area contributed by atoms with Crippen LogP contribution in [0.5, 0.6) is 0 Å². The minimum absolute atomic E-state index is 1.08. The van der Waals surface area contributed by atoms with Crippen molar-refractivity contribution < 1.29 is 0 Å². The molecule has 11 heavy (non-hydrogen) atoms. The summed E-state index contributed by atoms with van der Waals surface area (Å²) in [6, 6.07) is 0. The highest BCUT2D eigenvalue weighted by molar-refractivity contribution is 9.09. The van der Waals surface area contributed by atoms with Crippen molar-refractivity contribution in [2.24, 2.45) is 0 Å². The number of alkyl halides is 1. The number of unbranched alkanes of at least 4 members (excludes halogenated alkanes) is 1. The molecule has 0 radical (unpaired) electrons. The van der Waals surface area contributed by atoms with Crippen LogP contribution in [-0.4, -0.2) is 21.3 Å². The van der Waals surface area contributed by atoms with Gasteiger partial charge >= 0.3 is 0 Å². The molecule has 1 rings (SSSR count). The van der Waals surface area contributed by atoms with Gasteiger partial charge in [0.1, 0.15) is 5.51 Å². The SMILES string of the molecule is BrCCCCSc1nncs1. The van der Waals surface area contributed by atoms with Crippen LogP contribution in [0, 0.1) is 0 Å². The van der Waals surface area contributed by atoms with Crippen LogP contribution in [0.3, 0.4) is 0 Å². The van der Waals surface area contributed by atoms with E-state index in [1.54, 1.807) is 28.6 Å². The van der Waals surface area contributed by atoms with Crippen LogP contribution in [0.25, 0.3) is 0 Å². The molecule has 0 aliphatic carbocycles. The second-order valence-corrected chi connectivity index (χ2v) is 4.92. The maximum absolute atomic E-state index is 3.93. The molecule has 0 aliphatic heterocycles. The number of halogens is 1. The zero-order valence-corrected chi connectivity index (χ0v) is 9.21. The van der Waals surface area contributed by atoms with Crippen molar-refractivity contribution in [1.29, 1.82) is 0 Å². The number of nitrogens with zero attached hydrogens (tertiary/aromatic N) is 2. The van der Waals surface area contributed by atoms with Crippen LogP contribution in [-0.2, 0) is 0 Å². The molecule has 1 heterocycles. The van der Waals surface area contributed by atoms with E-state index in [0.717, 1.165) is 15.4 Å². The highest BCUT2D eigenvalue weighted by Crippen LogP contribution is 2.19. The van der Waals surface area contributed by atoms with E-state index in [1.807, 2.05) is 0 Å². The summed E-state index contributed by atoms with van der Waals surface area (Å²) in [7, 11) is 0. The van der Waals surface area contributed by atoms with E-state index in [1.165, 1.54) is 12.8 Å². The van der Waals surface area contributed by atoms with Crippen molar-refractivity contribution >= 4 is 39.0 Å². The van der Waals surface area contributed by atoms with Crippen LogP contribution in [0.1, 0.15) is 12.8 Å². The van der Waals surface area contributed by atoms with Gasteiger partial charge in [0, 0.05) is 11.1 Å². The van der Waals surface area contributed by atoms with E-state index in [2.05, 4.69) is 26.1 Å². The summed E-state index contributed by atoms with van der Waals surface area (Å²) in [5.74, 6) is 1.15. The van der Waals surface area contributed by atoms with Crippen molar-refractivity contribution in [3.63, 3.8) is 0 Å². The molecule has 0 amide bonds. The van der Waals surface area contributed by atoms with E-state index in [4.69, 9.17) is 0 Å². The van der Waals surface area contributed by atoms with Crippen LogP contribution < -0.4 is 0 Å². The van der Waals surface area contributed by atoms with Crippen molar-refractivity contribution in [2.45, 2.75) is 17.2 Å². The molecule has 0 spiro atoms.